The lowest BCUT2D eigenvalue weighted by molar-refractivity contribution is -0.131. The number of halogens is 3. The molecule has 1 saturated heterocycles. The number of rotatable bonds is 5. The van der Waals surface area contributed by atoms with Crippen molar-refractivity contribution < 1.29 is 22.8 Å². The molecule has 4 rings (SSSR count). The fourth-order valence-electron chi connectivity index (χ4n) is 4.03. The molecule has 0 bridgehead atoms. The first-order valence-corrected chi connectivity index (χ1v) is 10.8. The highest BCUT2D eigenvalue weighted by atomic mass is 19.3. The third kappa shape index (κ3) is 5.32. The molecule has 9 heteroatoms. The quantitative estimate of drug-likeness (QED) is 0.550. The summed E-state index contributed by atoms with van der Waals surface area (Å²) in [5.41, 5.74) is 3.33. The highest BCUT2D eigenvalue weighted by Crippen LogP contribution is 2.31. The van der Waals surface area contributed by atoms with Crippen LogP contribution >= 0.6 is 0 Å². The second-order valence-corrected chi connectivity index (χ2v) is 8.38. The van der Waals surface area contributed by atoms with Crippen LogP contribution in [0, 0.1) is 17.1 Å². The second kappa shape index (κ2) is 9.58. The van der Waals surface area contributed by atoms with Gasteiger partial charge in [-0.1, -0.05) is 24.3 Å². The van der Waals surface area contributed by atoms with Gasteiger partial charge in [-0.05, 0) is 54.0 Å². The first-order valence-electron chi connectivity index (χ1n) is 10.8. The molecule has 2 aromatic carbocycles. The Morgan fingerprint density at radius 1 is 1.23 bits per heavy atom. The molecule has 1 N–H and O–H groups in total. The lowest BCUT2D eigenvalue weighted by Crippen LogP contribution is -2.43. The van der Waals surface area contributed by atoms with Gasteiger partial charge in [0.1, 0.15) is 11.9 Å². The van der Waals surface area contributed by atoms with Crippen molar-refractivity contribution >= 4 is 34.4 Å². The van der Waals surface area contributed by atoms with E-state index in [0.717, 1.165) is 21.6 Å². The zero-order valence-corrected chi connectivity index (χ0v) is 18.8. The molecule has 0 aliphatic carbocycles. The number of amides is 2. The Bertz CT molecular complexity index is 1360. The van der Waals surface area contributed by atoms with Gasteiger partial charge in [-0.2, -0.15) is 5.26 Å². The number of carbonyl (C=O) groups excluding carboxylic acids is 2. The zero-order valence-electron chi connectivity index (χ0n) is 18.8. The van der Waals surface area contributed by atoms with E-state index in [1.807, 2.05) is 19.1 Å². The summed E-state index contributed by atoms with van der Waals surface area (Å²) in [6.45, 7) is 0.526. The smallest absolute Gasteiger partial charge is 0.268 e. The molecule has 1 atom stereocenters. The van der Waals surface area contributed by atoms with E-state index in [1.54, 1.807) is 30.3 Å². The van der Waals surface area contributed by atoms with E-state index in [0.29, 0.717) is 10.9 Å². The molecule has 0 spiro atoms. The summed E-state index contributed by atoms with van der Waals surface area (Å²) in [7, 11) is 0. The number of nitrogens with one attached hydrogen (secondary N) is 1. The van der Waals surface area contributed by atoms with Gasteiger partial charge in [-0.3, -0.25) is 14.6 Å². The minimum Gasteiger partial charge on any atom is -0.343 e. The fourth-order valence-corrected chi connectivity index (χ4v) is 4.03. The zero-order chi connectivity index (χ0) is 25.2. The normalized spacial score (nSPS) is 17.3. The van der Waals surface area contributed by atoms with Gasteiger partial charge in [-0.15, -0.1) is 0 Å². The van der Waals surface area contributed by atoms with E-state index in [9.17, 15) is 22.8 Å². The molecule has 1 aromatic heterocycles. The Hall–Kier alpha value is -4.19. The Morgan fingerprint density at radius 2 is 1.97 bits per heavy atom. The van der Waals surface area contributed by atoms with Crippen LogP contribution in [0.25, 0.3) is 22.6 Å². The summed E-state index contributed by atoms with van der Waals surface area (Å²) in [5, 5.41) is 12.1. The van der Waals surface area contributed by atoms with Crippen molar-refractivity contribution in [3.8, 4) is 6.07 Å². The number of nitriles is 1. The molecule has 1 unspecified atom stereocenters. The summed E-state index contributed by atoms with van der Waals surface area (Å²) in [4.78, 5) is 30.4. The maximum Gasteiger partial charge on any atom is 0.268 e. The van der Waals surface area contributed by atoms with Gasteiger partial charge in [0, 0.05) is 18.0 Å². The van der Waals surface area contributed by atoms with Crippen LogP contribution in [-0.4, -0.2) is 46.8 Å². The molecule has 2 heterocycles. The number of fused-ring (bicyclic) bond motifs is 1. The van der Waals surface area contributed by atoms with E-state index < -0.39 is 43.3 Å². The number of aromatic nitrogens is 1. The van der Waals surface area contributed by atoms with Crippen LogP contribution < -0.4 is 5.32 Å². The van der Waals surface area contributed by atoms with Crippen LogP contribution in [0.4, 0.5) is 13.2 Å². The molecule has 0 radical (unpaired) electrons. The van der Waals surface area contributed by atoms with Crippen molar-refractivity contribution in [3.05, 3.63) is 77.2 Å². The molecule has 0 saturated carbocycles. The third-order valence-electron chi connectivity index (χ3n) is 5.83. The van der Waals surface area contributed by atoms with Crippen molar-refractivity contribution in [1.82, 2.24) is 15.2 Å². The molecule has 35 heavy (non-hydrogen) atoms. The van der Waals surface area contributed by atoms with Crippen LogP contribution in [0.3, 0.4) is 0 Å². The van der Waals surface area contributed by atoms with Crippen molar-refractivity contribution in [2.24, 2.45) is 0 Å². The lowest BCUT2D eigenvalue weighted by Gasteiger charge is -2.19. The number of hydrogen-bond acceptors (Lipinski definition) is 4. The fraction of sp³-hybridized carbons (Fsp3) is 0.231. The Balaban J connectivity index is 1.54. The molecule has 1 fully saturated rings. The van der Waals surface area contributed by atoms with Crippen LogP contribution in [0.15, 0.2) is 54.7 Å². The van der Waals surface area contributed by atoms with E-state index in [4.69, 9.17) is 5.26 Å². The molecule has 2 amide bonds. The van der Waals surface area contributed by atoms with Gasteiger partial charge in [0.25, 0.3) is 11.8 Å². The van der Waals surface area contributed by atoms with Gasteiger partial charge in [0.05, 0.1) is 30.2 Å². The van der Waals surface area contributed by atoms with E-state index in [1.165, 1.54) is 24.4 Å². The van der Waals surface area contributed by atoms with Crippen LogP contribution in [0.1, 0.15) is 34.8 Å². The van der Waals surface area contributed by atoms with Crippen molar-refractivity contribution in [2.75, 3.05) is 13.1 Å². The molecule has 3 aromatic rings. The van der Waals surface area contributed by atoms with Crippen molar-refractivity contribution in [3.63, 3.8) is 0 Å². The Morgan fingerprint density at radius 3 is 2.69 bits per heavy atom. The first-order chi connectivity index (χ1) is 16.7. The van der Waals surface area contributed by atoms with Gasteiger partial charge in [0.15, 0.2) is 0 Å². The van der Waals surface area contributed by atoms with Crippen LogP contribution in [-0.2, 0) is 4.79 Å². The number of hydrogen-bond donors (Lipinski definition) is 1. The van der Waals surface area contributed by atoms with Gasteiger partial charge in [-0.25, -0.2) is 13.2 Å². The summed E-state index contributed by atoms with van der Waals surface area (Å²) < 4.78 is 40.4. The number of nitrogens with zero attached hydrogens (tertiary/aromatic N) is 3. The highest BCUT2D eigenvalue weighted by molar-refractivity contribution is 6.07. The van der Waals surface area contributed by atoms with Crippen LogP contribution in [0.5, 0.6) is 0 Å². The number of pyridine rings is 1. The molecule has 1 aliphatic heterocycles. The third-order valence-corrected chi connectivity index (χ3v) is 5.83. The minimum atomic E-state index is -3.13. The maximum atomic E-state index is 13.6. The highest BCUT2D eigenvalue weighted by Gasteiger charge is 2.47. The second-order valence-electron chi connectivity index (χ2n) is 8.38. The number of benzene rings is 2. The number of carbonyl (C=O) groups is 2. The Kier molecular flexibility index (Phi) is 6.56. The largest absolute Gasteiger partial charge is 0.343 e. The summed E-state index contributed by atoms with van der Waals surface area (Å²) in [6.07, 6.45) is 2.63. The monoisotopic (exact) mass is 478 g/mol. The molecular formula is C26H21F3N4O2. The molecular weight excluding hydrogens is 457 g/mol. The predicted octanol–water partition coefficient (Wildman–Crippen LogP) is 4.42. The predicted molar refractivity (Wildman–Crippen MR) is 125 cm³/mol. The van der Waals surface area contributed by atoms with E-state index in [-0.39, 0.29) is 11.4 Å². The lowest BCUT2D eigenvalue weighted by atomic mass is 10.00. The minimum absolute atomic E-state index is 0.266. The van der Waals surface area contributed by atoms with Crippen molar-refractivity contribution in [1.29, 1.82) is 5.26 Å². The standard InChI is InChI=1S/C26H21F3N4O2/c1-16(10-17-2-5-19(27)6-3-17)18-4-7-23-22(11-18)21(8-9-31-23)25(35)32-14-24(34)33-15-26(28,29)12-20(33)13-30/h2-11,20H,12,14-15H2,1H3,(H,32,35). The molecule has 178 valence electrons. The average molecular weight is 478 g/mol. The summed E-state index contributed by atoms with van der Waals surface area (Å²) in [5.74, 6) is -4.77. The molecule has 6 nitrogen and oxygen atoms in total. The maximum absolute atomic E-state index is 13.6. The Labute approximate surface area is 199 Å². The van der Waals surface area contributed by atoms with Crippen molar-refractivity contribution in [2.45, 2.75) is 25.3 Å². The average Bonchev–Trinajstić information content (AvgIpc) is 3.17. The number of likely N-dealkylation sites (tertiary alicyclic amines) is 1. The topological polar surface area (TPSA) is 86.1 Å². The van der Waals surface area contributed by atoms with Gasteiger partial charge in [0.2, 0.25) is 5.91 Å². The summed E-state index contributed by atoms with van der Waals surface area (Å²) in [6, 6.07) is 13.5. The number of allylic oxidation sites excluding steroid dienone is 1. The van der Waals surface area contributed by atoms with E-state index in [2.05, 4.69) is 10.3 Å². The summed E-state index contributed by atoms with van der Waals surface area (Å²) >= 11 is 0. The SMILES string of the molecule is CC(=Cc1ccc(F)cc1)c1ccc2nccc(C(=O)NCC(=O)N3CC(F)(F)CC3C#N)c2c1. The number of alkyl halides is 2. The molecule has 1 aliphatic rings. The first kappa shape index (κ1) is 24.0. The van der Waals surface area contributed by atoms with Gasteiger partial charge < -0.3 is 10.2 Å². The van der Waals surface area contributed by atoms with Crippen LogP contribution in [0.2, 0.25) is 0 Å². The van der Waals surface area contributed by atoms with Gasteiger partial charge >= 0.3 is 0 Å². The van der Waals surface area contributed by atoms with E-state index >= 15 is 0 Å².